The molecule has 2 rings (SSSR count). The molecule has 0 aliphatic carbocycles. The number of hydrogen-bond acceptors (Lipinski definition) is 5. The van der Waals surface area contributed by atoms with Gasteiger partial charge in [0, 0.05) is 0 Å². The number of rotatable bonds is 7. The first-order valence-electron chi connectivity index (χ1n) is 6.95. The fourth-order valence-corrected chi connectivity index (χ4v) is 3.64. The second-order valence-corrected chi connectivity index (χ2v) is 6.51. The van der Waals surface area contributed by atoms with E-state index in [4.69, 9.17) is 9.47 Å². The summed E-state index contributed by atoms with van der Waals surface area (Å²) in [4.78, 5) is 0.109. The second kappa shape index (κ2) is 7.34. The van der Waals surface area contributed by atoms with Crippen LogP contribution in [0.2, 0.25) is 0 Å². The van der Waals surface area contributed by atoms with Crippen molar-refractivity contribution in [1.82, 2.24) is 0 Å². The summed E-state index contributed by atoms with van der Waals surface area (Å²) >= 11 is 0. The van der Waals surface area contributed by atoms with E-state index in [1.54, 1.807) is 36.4 Å². The number of hydrogen-bond donors (Lipinski definition) is 1. The van der Waals surface area contributed by atoms with E-state index < -0.39 is 10.0 Å². The largest absolute Gasteiger partial charge is 0.497 e. The molecule has 0 aromatic heterocycles. The Labute approximate surface area is 135 Å². The third kappa shape index (κ3) is 3.57. The van der Waals surface area contributed by atoms with Crippen molar-refractivity contribution in [2.75, 3.05) is 31.7 Å². The number of para-hydroxylation sites is 2. The number of aliphatic hydroxyl groups is 1. The highest BCUT2D eigenvalue weighted by Gasteiger charge is 2.26. The summed E-state index contributed by atoms with van der Waals surface area (Å²) in [7, 11) is -0.858. The van der Waals surface area contributed by atoms with E-state index >= 15 is 0 Å². The minimum absolute atomic E-state index is 0.0747. The molecule has 0 saturated carbocycles. The summed E-state index contributed by atoms with van der Waals surface area (Å²) in [6.45, 7) is -0.387. The van der Waals surface area contributed by atoms with Crippen molar-refractivity contribution in [2.45, 2.75) is 4.90 Å². The monoisotopic (exact) mass is 337 g/mol. The van der Waals surface area contributed by atoms with Crippen LogP contribution in [0.15, 0.2) is 53.4 Å². The maximum atomic E-state index is 12.9. The molecule has 0 amide bonds. The number of anilines is 1. The standard InChI is InChI=1S/C16H19NO5S/c1-21-13-7-9-14(10-8-13)23(19,20)17(11-12-18)15-5-3-4-6-16(15)22-2/h3-10,18H,11-12H2,1-2H3. The van der Waals surface area contributed by atoms with Crippen LogP contribution in [-0.2, 0) is 10.0 Å². The number of sulfonamides is 1. The van der Waals surface area contributed by atoms with E-state index in [0.717, 1.165) is 4.31 Å². The fraction of sp³-hybridized carbons (Fsp3) is 0.250. The minimum atomic E-state index is -3.84. The predicted molar refractivity (Wildman–Crippen MR) is 87.6 cm³/mol. The quantitative estimate of drug-likeness (QED) is 0.835. The van der Waals surface area contributed by atoms with Crippen molar-refractivity contribution in [3.8, 4) is 11.5 Å². The van der Waals surface area contributed by atoms with Crippen LogP contribution in [0.1, 0.15) is 0 Å². The highest BCUT2D eigenvalue weighted by molar-refractivity contribution is 7.92. The molecular formula is C16H19NO5S. The van der Waals surface area contributed by atoms with Gasteiger partial charge < -0.3 is 14.6 Å². The zero-order chi connectivity index (χ0) is 16.9. The van der Waals surface area contributed by atoms with Gasteiger partial charge in [-0.1, -0.05) is 12.1 Å². The van der Waals surface area contributed by atoms with Gasteiger partial charge in [-0.3, -0.25) is 4.31 Å². The smallest absolute Gasteiger partial charge is 0.264 e. The van der Waals surface area contributed by atoms with Gasteiger partial charge in [0.1, 0.15) is 11.5 Å². The van der Waals surface area contributed by atoms with Gasteiger partial charge in [-0.15, -0.1) is 0 Å². The van der Waals surface area contributed by atoms with Gasteiger partial charge >= 0.3 is 0 Å². The lowest BCUT2D eigenvalue weighted by atomic mass is 10.3. The molecule has 2 aromatic carbocycles. The van der Waals surface area contributed by atoms with Crippen molar-refractivity contribution in [1.29, 1.82) is 0 Å². The summed E-state index contributed by atoms with van der Waals surface area (Å²) in [6, 6.07) is 12.9. The van der Waals surface area contributed by atoms with E-state index in [9.17, 15) is 13.5 Å². The number of aliphatic hydroxyl groups excluding tert-OH is 1. The first kappa shape index (κ1) is 17.1. The minimum Gasteiger partial charge on any atom is -0.497 e. The van der Waals surface area contributed by atoms with Gasteiger partial charge in [-0.2, -0.15) is 0 Å². The topological polar surface area (TPSA) is 76.1 Å². The highest BCUT2D eigenvalue weighted by atomic mass is 32.2. The summed E-state index contributed by atoms with van der Waals surface area (Å²) in [5, 5.41) is 9.29. The Hall–Kier alpha value is -2.25. The van der Waals surface area contributed by atoms with Gasteiger partial charge in [0.15, 0.2) is 0 Å². The van der Waals surface area contributed by atoms with Crippen LogP contribution in [-0.4, -0.2) is 40.9 Å². The van der Waals surface area contributed by atoms with Gasteiger partial charge in [0.2, 0.25) is 0 Å². The number of benzene rings is 2. The van der Waals surface area contributed by atoms with Gasteiger partial charge in [0.25, 0.3) is 10.0 Å². The number of nitrogens with zero attached hydrogens (tertiary/aromatic N) is 1. The van der Waals surface area contributed by atoms with Crippen LogP contribution in [0.25, 0.3) is 0 Å². The molecule has 0 atom stereocenters. The molecule has 6 nitrogen and oxygen atoms in total. The van der Waals surface area contributed by atoms with Crippen LogP contribution in [0.4, 0.5) is 5.69 Å². The van der Waals surface area contributed by atoms with Crippen LogP contribution in [0.3, 0.4) is 0 Å². The molecule has 1 N–H and O–H groups in total. The molecule has 0 spiro atoms. The molecule has 0 aliphatic rings. The number of methoxy groups -OCH3 is 2. The second-order valence-electron chi connectivity index (χ2n) is 4.65. The molecule has 0 aliphatic heterocycles. The third-order valence-corrected chi connectivity index (χ3v) is 5.13. The van der Waals surface area contributed by atoms with Crippen LogP contribution < -0.4 is 13.8 Å². The molecule has 2 aromatic rings. The Balaban J connectivity index is 2.50. The molecule has 0 bridgehead atoms. The van der Waals surface area contributed by atoms with E-state index in [-0.39, 0.29) is 18.0 Å². The van der Waals surface area contributed by atoms with Gasteiger partial charge in [-0.25, -0.2) is 8.42 Å². The molecular weight excluding hydrogens is 318 g/mol. The molecule has 0 radical (unpaired) electrons. The lowest BCUT2D eigenvalue weighted by Crippen LogP contribution is -2.33. The zero-order valence-corrected chi connectivity index (χ0v) is 13.8. The Morgan fingerprint density at radius 2 is 1.65 bits per heavy atom. The highest BCUT2D eigenvalue weighted by Crippen LogP contribution is 2.32. The van der Waals surface area contributed by atoms with E-state index in [2.05, 4.69) is 0 Å². The summed E-state index contributed by atoms with van der Waals surface area (Å²) in [6.07, 6.45) is 0. The van der Waals surface area contributed by atoms with Crippen molar-refractivity contribution >= 4 is 15.7 Å². The van der Waals surface area contributed by atoms with Crippen molar-refractivity contribution in [2.24, 2.45) is 0 Å². The Morgan fingerprint density at radius 1 is 1.00 bits per heavy atom. The lowest BCUT2D eigenvalue weighted by Gasteiger charge is -2.25. The number of ether oxygens (including phenoxy) is 2. The Bertz CT molecular complexity index is 743. The average molecular weight is 337 g/mol. The van der Waals surface area contributed by atoms with E-state index in [1.165, 1.54) is 26.4 Å². The van der Waals surface area contributed by atoms with Crippen molar-refractivity contribution in [3.05, 3.63) is 48.5 Å². The van der Waals surface area contributed by atoms with Crippen LogP contribution >= 0.6 is 0 Å². The SMILES string of the molecule is COc1ccc(S(=O)(=O)N(CCO)c2ccccc2OC)cc1. The average Bonchev–Trinajstić information content (AvgIpc) is 2.59. The van der Waals surface area contributed by atoms with Crippen molar-refractivity contribution < 1.29 is 23.0 Å². The first-order valence-corrected chi connectivity index (χ1v) is 8.39. The summed E-state index contributed by atoms with van der Waals surface area (Å²) < 4.78 is 37.2. The Morgan fingerprint density at radius 3 is 2.22 bits per heavy atom. The third-order valence-electron chi connectivity index (χ3n) is 3.30. The van der Waals surface area contributed by atoms with Crippen LogP contribution in [0.5, 0.6) is 11.5 Å². The fourth-order valence-electron chi connectivity index (χ4n) is 2.17. The summed E-state index contributed by atoms with van der Waals surface area (Å²) in [5.74, 6) is 0.980. The maximum absolute atomic E-state index is 12.9. The normalized spacial score (nSPS) is 11.1. The lowest BCUT2D eigenvalue weighted by molar-refractivity contribution is 0.306. The van der Waals surface area contributed by atoms with E-state index in [1.807, 2.05) is 0 Å². The molecule has 0 unspecified atom stereocenters. The molecule has 0 saturated heterocycles. The summed E-state index contributed by atoms with van der Waals surface area (Å²) in [5.41, 5.74) is 0.375. The molecule has 7 heteroatoms. The molecule has 0 heterocycles. The van der Waals surface area contributed by atoms with Crippen LogP contribution in [0, 0.1) is 0 Å². The predicted octanol–water partition coefficient (Wildman–Crippen LogP) is 1.89. The Kier molecular flexibility index (Phi) is 5.46. The van der Waals surface area contributed by atoms with Gasteiger partial charge in [0.05, 0.1) is 38.0 Å². The molecule has 124 valence electrons. The van der Waals surface area contributed by atoms with Gasteiger partial charge in [-0.05, 0) is 36.4 Å². The zero-order valence-electron chi connectivity index (χ0n) is 13.0. The molecule has 0 fully saturated rings. The first-order chi connectivity index (χ1) is 11.0. The maximum Gasteiger partial charge on any atom is 0.264 e. The molecule has 23 heavy (non-hydrogen) atoms. The van der Waals surface area contributed by atoms with E-state index in [0.29, 0.717) is 17.2 Å². The van der Waals surface area contributed by atoms with Crippen molar-refractivity contribution in [3.63, 3.8) is 0 Å².